The SMILES string of the molecule is CCCCCS(=O)(=O)N(CCC)CCN1C[C@H](c2ccc3c(c2)OCO3)[C@H](C(=O)O)[C@H]1CCC. The lowest BCUT2D eigenvalue weighted by Gasteiger charge is -2.29. The fourth-order valence-electron chi connectivity index (χ4n) is 5.25. The predicted molar refractivity (Wildman–Crippen MR) is 132 cm³/mol. The van der Waals surface area contributed by atoms with E-state index in [1.165, 1.54) is 0 Å². The molecular weight excluding hydrogens is 456 g/mol. The molecule has 1 aromatic rings. The molecule has 0 spiro atoms. The summed E-state index contributed by atoms with van der Waals surface area (Å²) in [5.41, 5.74) is 0.929. The maximum absolute atomic E-state index is 13.0. The maximum atomic E-state index is 13.0. The van der Waals surface area contributed by atoms with Crippen molar-refractivity contribution in [2.75, 3.05) is 38.7 Å². The zero-order valence-corrected chi connectivity index (χ0v) is 21.6. The molecule has 1 fully saturated rings. The van der Waals surface area contributed by atoms with Crippen LogP contribution in [0.4, 0.5) is 0 Å². The van der Waals surface area contributed by atoms with Crippen LogP contribution in [0.5, 0.6) is 11.5 Å². The van der Waals surface area contributed by atoms with E-state index in [-0.39, 0.29) is 24.5 Å². The Morgan fingerprint density at radius 2 is 1.85 bits per heavy atom. The van der Waals surface area contributed by atoms with E-state index in [1.54, 1.807) is 4.31 Å². The second kappa shape index (κ2) is 12.2. The zero-order valence-electron chi connectivity index (χ0n) is 20.7. The number of fused-ring (bicyclic) bond motifs is 1. The molecule has 1 saturated heterocycles. The Labute approximate surface area is 204 Å². The predicted octanol–water partition coefficient (Wildman–Crippen LogP) is 3.92. The highest BCUT2D eigenvalue weighted by Gasteiger charge is 2.46. The number of sulfonamides is 1. The van der Waals surface area contributed by atoms with Crippen LogP contribution in [0.15, 0.2) is 18.2 Å². The van der Waals surface area contributed by atoms with Crippen LogP contribution >= 0.6 is 0 Å². The minimum absolute atomic E-state index is 0.135. The second-order valence-corrected chi connectivity index (χ2v) is 11.4. The van der Waals surface area contributed by atoms with Crippen molar-refractivity contribution in [1.29, 1.82) is 0 Å². The normalized spacial score (nSPS) is 22.5. The zero-order chi connectivity index (χ0) is 24.7. The Balaban J connectivity index is 1.78. The first-order valence-corrected chi connectivity index (χ1v) is 14.3. The molecule has 192 valence electrons. The number of nitrogens with zero attached hydrogens (tertiary/aromatic N) is 2. The van der Waals surface area contributed by atoms with Crippen LogP contribution in [0.2, 0.25) is 0 Å². The van der Waals surface area contributed by atoms with Gasteiger partial charge in [0.2, 0.25) is 16.8 Å². The summed E-state index contributed by atoms with van der Waals surface area (Å²) in [5.74, 6) is -0.0401. The summed E-state index contributed by atoms with van der Waals surface area (Å²) < 4.78 is 38.5. The lowest BCUT2D eigenvalue weighted by molar-refractivity contribution is -0.143. The van der Waals surface area contributed by atoms with Crippen molar-refractivity contribution in [2.24, 2.45) is 5.92 Å². The summed E-state index contributed by atoms with van der Waals surface area (Å²) in [7, 11) is -3.32. The van der Waals surface area contributed by atoms with Gasteiger partial charge in [0.05, 0.1) is 11.7 Å². The number of carboxylic acids is 1. The van der Waals surface area contributed by atoms with Gasteiger partial charge >= 0.3 is 5.97 Å². The number of likely N-dealkylation sites (tertiary alicyclic amines) is 1. The van der Waals surface area contributed by atoms with Crippen LogP contribution < -0.4 is 9.47 Å². The van der Waals surface area contributed by atoms with Crippen molar-refractivity contribution in [3.63, 3.8) is 0 Å². The number of hydrogen-bond donors (Lipinski definition) is 1. The van der Waals surface area contributed by atoms with Crippen molar-refractivity contribution >= 4 is 16.0 Å². The summed E-state index contributed by atoms with van der Waals surface area (Å²) >= 11 is 0. The van der Waals surface area contributed by atoms with Gasteiger partial charge in [-0.15, -0.1) is 0 Å². The highest BCUT2D eigenvalue weighted by atomic mass is 32.2. The molecule has 0 aromatic heterocycles. The Kier molecular flexibility index (Phi) is 9.62. The fourth-order valence-corrected chi connectivity index (χ4v) is 6.90. The molecule has 3 rings (SSSR count). The average molecular weight is 497 g/mol. The standard InChI is InChI=1S/C25H40N2O6S/c1-4-7-8-15-34(30,31)27(12-6-3)14-13-26-17-20(24(25(28)29)21(26)9-5-2)19-10-11-22-23(16-19)33-18-32-22/h10-11,16,20-21,24H,4-9,12-15,17-18H2,1-3H3,(H,28,29)/t20-,21-,24+/m1/s1. The van der Waals surface area contributed by atoms with Gasteiger partial charge in [-0.05, 0) is 37.0 Å². The molecule has 2 aliphatic rings. The first-order chi connectivity index (χ1) is 16.3. The van der Waals surface area contributed by atoms with Gasteiger partial charge in [0.25, 0.3) is 0 Å². The third kappa shape index (κ3) is 6.23. The van der Waals surface area contributed by atoms with Crippen molar-refractivity contribution in [1.82, 2.24) is 9.21 Å². The van der Waals surface area contributed by atoms with E-state index in [1.807, 2.05) is 25.1 Å². The molecule has 0 unspecified atom stereocenters. The lowest BCUT2D eigenvalue weighted by Crippen LogP contribution is -2.43. The topological polar surface area (TPSA) is 96.4 Å². The monoisotopic (exact) mass is 496 g/mol. The highest BCUT2D eigenvalue weighted by Crippen LogP contribution is 2.42. The lowest BCUT2D eigenvalue weighted by atomic mass is 9.84. The first kappa shape index (κ1) is 26.8. The third-order valence-corrected chi connectivity index (χ3v) is 8.91. The van der Waals surface area contributed by atoms with Crippen LogP contribution in [0, 0.1) is 5.92 Å². The number of rotatable bonds is 14. The number of unbranched alkanes of at least 4 members (excludes halogenated alkanes) is 2. The summed E-state index contributed by atoms with van der Waals surface area (Å²) in [6.07, 6.45) is 4.94. The summed E-state index contributed by atoms with van der Waals surface area (Å²) in [6.45, 7) is 8.29. The minimum Gasteiger partial charge on any atom is -0.481 e. The van der Waals surface area contributed by atoms with Crippen LogP contribution in [0.25, 0.3) is 0 Å². The van der Waals surface area contributed by atoms with Gasteiger partial charge in [0, 0.05) is 38.1 Å². The van der Waals surface area contributed by atoms with E-state index in [0.717, 1.165) is 37.7 Å². The molecule has 9 heteroatoms. The Hall–Kier alpha value is -1.84. The van der Waals surface area contributed by atoms with E-state index in [9.17, 15) is 18.3 Å². The highest BCUT2D eigenvalue weighted by molar-refractivity contribution is 7.89. The molecule has 3 atom stereocenters. The number of ether oxygens (including phenoxy) is 2. The van der Waals surface area contributed by atoms with Crippen molar-refractivity contribution in [3.05, 3.63) is 23.8 Å². The molecule has 2 aliphatic heterocycles. The molecule has 0 amide bonds. The second-order valence-electron chi connectivity index (χ2n) is 9.36. The fraction of sp³-hybridized carbons (Fsp3) is 0.720. The van der Waals surface area contributed by atoms with E-state index in [0.29, 0.717) is 44.1 Å². The van der Waals surface area contributed by atoms with Gasteiger partial charge in [0.15, 0.2) is 11.5 Å². The Bertz CT molecular complexity index is 922. The van der Waals surface area contributed by atoms with Crippen molar-refractivity contribution in [3.8, 4) is 11.5 Å². The number of carboxylic acid groups (broad SMARTS) is 1. The van der Waals surface area contributed by atoms with Gasteiger partial charge in [-0.1, -0.05) is 46.1 Å². The molecule has 8 nitrogen and oxygen atoms in total. The summed E-state index contributed by atoms with van der Waals surface area (Å²) in [5, 5.41) is 10.2. The molecular formula is C25H40N2O6S. The first-order valence-electron chi connectivity index (χ1n) is 12.7. The number of hydrogen-bond acceptors (Lipinski definition) is 6. The molecule has 0 aliphatic carbocycles. The number of benzene rings is 1. The Morgan fingerprint density at radius 1 is 1.09 bits per heavy atom. The third-order valence-electron chi connectivity index (χ3n) is 6.95. The molecule has 2 heterocycles. The Morgan fingerprint density at radius 3 is 2.53 bits per heavy atom. The molecule has 0 saturated carbocycles. The molecule has 0 bridgehead atoms. The summed E-state index contributed by atoms with van der Waals surface area (Å²) in [6, 6.07) is 5.54. The van der Waals surface area contributed by atoms with Crippen molar-refractivity contribution in [2.45, 2.75) is 71.3 Å². The maximum Gasteiger partial charge on any atom is 0.308 e. The van der Waals surface area contributed by atoms with Crippen LogP contribution in [0.1, 0.15) is 70.8 Å². The van der Waals surface area contributed by atoms with Gasteiger partial charge < -0.3 is 14.6 Å². The average Bonchev–Trinajstić information content (AvgIpc) is 3.41. The minimum atomic E-state index is -3.32. The van der Waals surface area contributed by atoms with Crippen LogP contribution in [0.3, 0.4) is 0 Å². The van der Waals surface area contributed by atoms with Gasteiger partial charge in [-0.3, -0.25) is 9.69 Å². The van der Waals surface area contributed by atoms with Gasteiger partial charge in [-0.2, -0.15) is 0 Å². The van der Waals surface area contributed by atoms with E-state index < -0.39 is 21.9 Å². The van der Waals surface area contributed by atoms with Gasteiger partial charge in [-0.25, -0.2) is 12.7 Å². The summed E-state index contributed by atoms with van der Waals surface area (Å²) in [4.78, 5) is 14.6. The molecule has 1 N–H and O–H groups in total. The quantitative estimate of drug-likeness (QED) is 0.390. The van der Waals surface area contributed by atoms with Crippen LogP contribution in [-0.2, 0) is 14.8 Å². The molecule has 34 heavy (non-hydrogen) atoms. The van der Waals surface area contributed by atoms with E-state index >= 15 is 0 Å². The van der Waals surface area contributed by atoms with Crippen LogP contribution in [-0.4, -0.2) is 73.5 Å². The number of carbonyl (C=O) groups is 1. The molecule has 1 aromatic carbocycles. The molecule has 0 radical (unpaired) electrons. The van der Waals surface area contributed by atoms with E-state index in [4.69, 9.17) is 9.47 Å². The van der Waals surface area contributed by atoms with E-state index in [2.05, 4.69) is 18.7 Å². The van der Waals surface area contributed by atoms with Gasteiger partial charge in [0.1, 0.15) is 0 Å². The number of aliphatic carboxylic acids is 1. The van der Waals surface area contributed by atoms with Crippen molar-refractivity contribution < 1.29 is 27.8 Å². The smallest absolute Gasteiger partial charge is 0.308 e. The largest absolute Gasteiger partial charge is 0.481 e.